The number of pyridine rings is 1. The van der Waals surface area contributed by atoms with Crippen LogP contribution in [0.1, 0.15) is 32.9 Å². The van der Waals surface area contributed by atoms with Gasteiger partial charge in [0.05, 0.1) is 11.9 Å². The van der Waals surface area contributed by atoms with Crippen LogP contribution < -0.4 is 5.32 Å². The predicted octanol–water partition coefficient (Wildman–Crippen LogP) is 2.17. The third-order valence-corrected chi connectivity index (χ3v) is 2.59. The zero-order valence-corrected chi connectivity index (χ0v) is 13.6. The topological polar surface area (TPSA) is 106 Å². The second kappa shape index (κ2) is 8.19. The number of ketones is 1. The van der Waals surface area contributed by atoms with Crippen molar-refractivity contribution < 1.29 is 28.6 Å². The van der Waals surface area contributed by atoms with E-state index in [1.165, 1.54) is 6.07 Å². The monoisotopic (exact) mass is 338 g/mol. The van der Waals surface area contributed by atoms with Crippen LogP contribution in [-0.2, 0) is 14.3 Å². The van der Waals surface area contributed by atoms with E-state index in [2.05, 4.69) is 10.3 Å². The summed E-state index contributed by atoms with van der Waals surface area (Å²) < 4.78 is 17.8. The number of carbonyl (C=O) groups is 3. The Labute approximate surface area is 138 Å². The minimum Gasteiger partial charge on any atom is -0.478 e. The summed E-state index contributed by atoms with van der Waals surface area (Å²) in [6.07, 6.45) is 1.05. The van der Waals surface area contributed by atoms with Gasteiger partial charge in [-0.1, -0.05) is 0 Å². The average molecular weight is 338 g/mol. The van der Waals surface area contributed by atoms with E-state index >= 15 is 0 Å². The predicted molar refractivity (Wildman–Crippen MR) is 83.7 cm³/mol. The molecule has 7 nitrogen and oxygen atoms in total. The van der Waals surface area contributed by atoms with Crippen molar-refractivity contribution in [3.63, 3.8) is 0 Å². The van der Waals surface area contributed by atoms with Crippen LogP contribution in [0.3, 0.4) is 0 Å². The number of hydrogen-bond acceptors (Lipinski definition) is 5. The molecule has 0 aliphatic heterocycles. The highest BCUT2D eigenvalue weighted by molar-refractivity contribution is 6.19. The number of carboxylic acid groups (broad SMARTS) is 1. The van der Waals surface area contributed by atoms with Crippen LogP contribution >= 0.6 is 0 Å². The fourth-order valence-electron chi connectivity index (χ4n) is 1.61. The summed E-state index contributed by atoms with van der Waals surface area (Å²) in [5.41, 5.74) is -1.03. The van der Waals surface area contributed by atoms with Crippen molar-refractivity contribution in [2.75, 3.05) is 6.54 Å². The van der Waals surface area contributed by atoms with Gasteiger partial charge < -0.3 is 15.2 Å². The molecule has 2 N–H and O–H groups in total. The van der Waals surface area contributed by atoms with Crippen molar-refractivity contribution in [2.45, 2.75) is 32.8 Å². The van der Waals surface area contributed by atoms with Crippen LogP contribution in [0, 0.1) is 5.82 Å². The molecule has 1 rings (SSSR count). The molecule has 0 aliphatic rings. The largest absolute Gasteiger partial charge is 0.478 e. The molecule has 0 unspecified atom stereocenters. The maximum Gasteiger partial charge on any atom is 0.407 e. The van der Waals surface area contributed by atoms with Gasteiger partial charge in [0.25, 0.3) is 0 Å². The highest BCUT2D eigenvalue weighted by Gasteiger charge is 2.19. The zero-order chi connectivity index (χ0) is 18.3. The quantitative estimate of drug-likeness (QED) is 0.468. The minimum absolute atomic E-state index is 0.0742. The van der Waals surface area contributed by atoms with E-state index in [0.717, 1.165) is 18.3 Å². The number of carbonyl (C=O) groups excluding carboxylic acids is 2. The summed E-state index contributed by atoms with van der Waals surface area (Å²) in [6.45, 7) is 5.01. The Bertz CT molecular complexity index is 647. The number of aliphatic carboxylic acids is 1. The van der Waals surface area contributed by atoms with Crippen LogP contribution in [0.5, 0.6) is 0 Å². The van der Waals surface area contributed by atoms with Crippen LogP contribution in [0.15, 0.2) is 23.9 Å². The maximum atomic E-state index is 12.8. The average Bonchev–Trinajstić information content (AvgIpc) is 2.44. The standard InChI is InChI=1S/C16H19FN2O5/c1-16(2,3)24-15(23)18-7-6-13(20)12(14(21)22)8-11-5-4-10(17)9-19-11/h4-5,8-9H,6-7H2,1-3H3,(H,18,23)(H,21,22)/b12-8-. The van der Waals surface area contributed by atoms with Gasteiger partial charge in [0.15, 0.2) is 5.78 Å². The number of nitrogens with one attached hydrogen (secondary N) is 1. The minimum atomic E-state index is -1.43. The number of ether oxygens (including phenoxy) is 1. The Balaban J connectivity index is 2.66. The number of hydrogen-bond donors (Lipinski definition) is 2. The lowest BCUT2D eigenvalue weighted by Gasteiger charge is -2.19. The molecule has 0 bridgehead atoms. The van der Waals surface area contributed by atoms with E-state index in [4.69, 9.17) is 9.84 Å². The number of amides is 1. The van der Waals surface area contributed by atoms with Crippen molar-refractivity contribution >= 4 is 23.9 Å². The summed E-state index contributed by atoms with van der Waals surface area (Å²) in [5.74, 6) is -2.69. The SMILES string of the molecule is CC(C)(C)OC(=O)NCCC(=O)/C(=C/c1ccc(F)cn1)C(=O)O. The fraction of sp³-hybridized carbons (Fsp3) is 0.375. The second-order valence-corrected chi connectivity index (χ2v) is 5.87. The first kappa shape index (κ1) is 19.3. The van der Waals surface area contributed by atoms with Crippen LogP contribution in [-0.4, -0.2) is 40.1 Å². The molecular formula is C16H19FN2O5. The number of Topliss-reactive ketones (excluding diaryl/α,β-unsaturated/α-hetero) is 1. The molecule has 1 amide bonds. The van der Waals surface area contributed by atoms with Crippen LogP contribution in [0.2, 0.25) is 0 Å². The number of rotatable bonds is 6. The molecular weight excluding hydrogens is 319 g/mol. The van der Waals surface area contributed by atoms with Crippen LogP contribution in [0.4, 0.5) is 9.18 Å². The Morgan fingerprint density at radius 3 is 2.50 bits per heavy atom. The summed E-state index contributed by atoms with van der Waals surface area (Å²) in [6, 6.07) is 2.36. The summed E-state index contributed by atoms with van der Waals surface area (Å²) in [7, 11) is 0. The smallest absolute Gasteiger partial charge is 0.407 e. The van der Waals surface area contributed by atoms with Gasteiger partial charge in [-0.05, 0) is 39.0 Å². The van der Waals surface area contributed by atoms with Gasteiger partial charge in [-0.15, -0.1) is 0 Å². The van der Waals surface area contributed by atoms with E-state index in [-0.39, 0.29) is 18.7 Å². The molecule has 8 heteroatoms. The second-order valence-electron chi connectivity index (χ2n) is 5.87. The van der Waals surface area contributed by atoms with Gasteiger partial charge in [-0.2, -0.15) is 0 Å². The number of alkyl carbamates (subject to hydrolysis) is 1. The first-order chi connectivity index (χ1) is 11.1. The van der Waals surface area contributed by atoms with Crippen LogP contribution in [0.25, 0.3) is 6.08 Å². The highest BCUT2D eigenvalue weighted by Crippen LogP contribution is 2.09. The van der Waals surface area contributed by atoms with E-state index in [0.29, 0.717) is 0 Å². The maximum absolute atomic E-state index is 12.8. The molecule has 1 aromatic heterocycles. The Morgan fingerprint density at radius 2 is 2.00 bits per heavy atom. The highest BCUT2D eigenvalue weighted by atomic mass is 19.1. The van der Waals surface area contributed by atoms with Gasteiger partial charge in [-0.25, -0.2) is 14.0 Å². The van der Waals surface area contributed by atoms with Crippen molar-refractivity contribution in [1.82, 2.24) is 10.3 Å². The van der Waals surface area contributed by atoms with Crippen molar-refractivity contribution in [3.05, 3.63) is 35.4 Å². The van der Waals surface area contributed by atoms with Gasteiger partial charge in [0.2, 0.25) is 0 Å². The molecule has 0 spiro atoms. The number of aromatic nitrogens is 1. The lowest BCUT2D eigenvalue weighted by Crippen LogP contribution is -2.33. The Morgan fingerprint density at radius 1 is 1.33 bits per heavy atom. The number of halogens is 1. The molecule has 0 aromatic carbocycles. The van der Waals surface area contributed by atoms with Crippen molar-refractivity contribution in [2.24, 2.45) is 0 Å². The third kappa shape index (κ3) is 6.99. The Hall–Kier alpha value is -2.77. The molecule has 24 heavy (non-hydrogen) atoms. The summed E-state index contributed by atoms with van der Waals surface area (Å²) in [4.78, 5) is 38.3. The number of carboxylic acids is 1. The molecule has 0 saturated carbocycles. The first-order valence-corrected chi connectivity index (χ1v) is 7.15. The van der Waals surface area contributed by atoms with Gasteiger partial charge in [0.1, 0.15) is 17.0 Å². The zero-order valence-electron chi connectivity index (χ0n) is 13.6. The molecule has 1 aromatic rings. The molecule has 130 valence electrons. The Kier molecular flexibility index (Phi) is 6.58. The lowest BCUT2D eigenvalue weighted by molar-refractivity contribution is -0.134. The van der Waals surface area contributed by atoms with E-state index in [9.17, 15) is 18.8 Å². The normalized spacial score (nSPS) is 11.8. The molecule has 0 saturated heterocycles. The van der Waals surface area contributed by atoms with Gasteiger partial charge >= 0.3 is 12.1 Å². The summed E-state index contributed by atoms with van der Waals surface area (Å²) >= 11 is 0. The van der Waals surface area contributed by atoms with Gasteiger partial charge in [0, 0.05) is 13.0 Å². The van der Waals surface area contributed by atoms with E-state index in [1.807, 2.05) is 0 Å². The van der Waals surface area contributed by atoms with E-state index in [1.54, 1.807) is 20.8 Å². The van der Waals surface area contributed by atoms with Crippen molar-refractivity contribution in [3.8, 4) is 0 Å². The number of nitrogens with zero attached hydrogens (tertiary/aromatic N) is 1. The van der Waals surface area contributed by atoms with Gasteiger partial charge in [-0.3, -0.25) is 9.78 Å². The van der Waals surface area contributed by atoms with Crippen molar-refractivity contribution in [1.29, 1.82) is 0 Å². The summed E-state index contributed by atoms with van der Waals surface area (Å²) in [5, 5.41) is 11.5. The molecule has 0 radical (unpaired) electrons. The molecule has 1 heterocycles. The molecule has 0 fully saturated rings. The molecule has 0 aliphatic carbocycles. The first-order valence-electron chi connectivity index (χ1n) is 7.15. The van der Waals surface area contributed by atoms with E-state index < -0.39 is 34.8 Å². The third-order valence-electron chi connectivity index (χ3n) is 2.59. The fourth-order valence-corrected chi connectivity index (χ4v) is 1.61. The molecule has 0 atom stereocenters. The lowest BCUT2D eigenvalue weighted by atomic mass is 10.1.